The Morgan fingerprint density at radius 1 is 1.38 bits per heavy atom. The maximum Gasteiger partial charge on any atom is 0.271 e. The van der Waals surface area contributed by atoms with Crippen LogP contribution in [0.1, 0.15) is 10.4 Å². The second-order valence-electron chi connectivity index (χ2n) is 3.82. The van der Waals surface area contributed by atoms with Gasteiger partial charge in [0.05, 0.1) is 18.4 Å². The van der Waals surface area contributed by atoms with Crippen LogP contribution in [-0.4, -0.2) is 43.8 Å². The first kappa shape index (κ1) is 13.4. The predicted octanol–water partition coefficient (Wildman–Crippen LogP) is -0.0256. The topological polar surface area (TPSA) is 101 Å². The Balaban J connectivity index is 2.09. The number of hydrazone groups is 1. The molecule has 0 atom stereocenters. The average Bonchev–Trinajstić information content (AvgIpc) is 3.15. The predicted molar refractivity (Wildman–Crippen MR) is 71.7 cm³/mol. The van der Waals surface area contributed by atoms with Crippen molar-refractivity contribution in [1.82, 2.24) is 31.0 Å². The molecular formula is C10H9ClN8O2. The summed E-state index contributed by atoms with van der Waals surface area (Å²) in [5.74, 6) is 0.284. The normalized spacial score (nSPS) is 15.0. The van der Waals surface area contributed by atoms with Gasteiger partial charge in [-0.1, -0.05) is 12.1 Å². The van der Waals surface area contributed by atoms with Crippen molar-refractivity contribution >= 4 is 28.5 Å². The molecule has 3 rings (SSSR count). The van der Waals surface area contributed by atoms with E-state index in [4.69, 9.17) is 16.4 Å². The van der Waals surface area contributed by atoms with Crippen molar-refractivity contribution in [2.75, 3.05) is 12.1 Å². The Bertz CT molecular complexity index is 688. The van der Waals surface area contributed by atoms with Gasteiger partial charge in [0.2, 0.25) is 0 Å². The molecule has 0 bridgehead atoms. The number of hydrazine groups is 2. The maximum atomic E-state index is 11.6. The molecule has 11 heteroatoms. The van der Waals surface area contributed by atoms with Crippen LogP contribution in [0, 0.1) is 0 Å². The number of rotatable bonds is 3. The van der Waals surface area contributed by atoms with Crippen molar-refractivity contribution in [3.05, 3.63) is 36.2 Å². The first-order valence-electron chi connectivity index (χ1n) is 5.72. The van der Waals surface area contributed by atoms with E-state index in [1.54, 1.807) is 24.3 Å². The number of hydrogen-bond acceptors (Lipinski definition) is 9. The van der Waals surface area contributed by atoms with Crippen molar-refractivity contribution in [1.29, 1.82) is 0 Å². The highest BCUT2D eigenvalue weighted by Crippen LogP contribution is 2.25. The van der Waals surface area contributed by atoms with E-state index in [1.165, 1.54) is 28.4 Å². The largest absolute Gasteiger partial charge is 0.276 e. The maximum absolute atomic E-state index is 11.6. The average molecular weight is 309 g/mol. The van der Waals surface area contributed by atoms with Gasteiger partial charge in [-0.15, -0.1) is 10.2 Å². The van der Waals surface area contributed by atoms with Gasteiger partial charge in [0, 0.05) is 5.28 Å². The molecule has 0 fully saturated rings. The van der Waals surface area contributed by atoms with E-state index in [2.05, 4.69) is 26.2 Å². The van der Waals surface area contributed by atoms with E-state index in [-0.39, 0.29) is 11.5 Å². The summed E-state index contributed by atoms with van der Waals surface area (Å²) in [5.41, 5.74) is 3.35. The van der Waals surface area contributed by atoms with Crippen LogP contribution in [0.4, 0.5) is 5.69 Å². The molecule has 1 N–H and O–H groups in total. The smallest absolute Gasteiger partial charge is 0.271 e. The fourth-order valence-electron chi connectivity index (χ4n) is 1.81. The molecule has 0 aliphatic carbocycles. The standard InChI is InChI=1S/C10H9ClN8O2/c1-21-19-15-13-10(17-6-12-14-16-17)18(19)8-5-3-2-4-7(8)9(11)20/h2-6,15H,1H3. The summed E-state index contributed by atoms with van der Waals surface area (Å²) in [5, 5.41) is 17.0. The molecule has 0 radical (unpaired) electrons. The number of anilines is 1. The number of nitrogens with zero attached hydrogens (tertiary/aromatic N) is 7. The summed E-state index contributed by atoms with van der Waals surface area (Å²) in [4.78, 5) is 16.7. The minimum atomic E-state index is -0.607. The number of hydrogen-bond donors (Lipinski definition) is 1. The molecule has 0 saturated carbocycles. The molecule has 0 amide bonds. The van der Waals surface area contributed by atoms with Crippen LogP contribution in [0.25, 0.3) is 0 Å². The van der Waals surface area contributed by atoms with Gasteiger partial charge in [-0.05, 0) is 34.2 Å². The van der Waals surface area contributed by atoms with Crippen molar-refractivity contribution < 1.29 is 9.63 Å². The first-order valence-corrected chi connectivity index (χ1v) is 6.10. The highest BCUT2D eigenvalue weighted by molar-refractivity contribution is 6.68. The SMILES string of the molecule is CON1NN=C(n2cnnn2)N1c1ccccc1C(=O)Cl. The number of para-hydroxylation sites is 1. The van der Waals surface area contributed by atoms with E-state index in [0.29, 0.717) is 5.69 Å². The van der Waals surface area contributed by atoms with Crippen LogP contribution in [0.2, 0.25) is 0 Å². The molecule has 1 aliphatic rings. The number of carbonyl (C=O) groups is 1. The summed E-state index contributed by atoms with van der Waals surface area (Å²) in [6.07, 6.45) is 1.36. The summed E-state index contributed by atoms with van der Waals surface area (Å²) < 4.78 is 1.31. The van der Waals surface area contributed by atoms with Crippen LogP contribution in [0.15, 0.2) is 35.7 Å². The van der Waals surface area contributed by atoms with Gasteiger partial charge < -0.3 is 0 Å². The summed E-state index contributed by atoms with van der Waals surface area (Å²) in [6.45, 7) is 0. The van der Waals surface area contributed by atoms with Gasteiger partial charge in [-0.3, -0.25) is 9.63 Å². The van der Waals surface area contributed by atoms with E-state index < -0.39 is 5.24 Å². The minimum Gasteiger partial charge on any atom is -0.276 e. The van der Waals surface area contributed by atoms with Crippen molar-refractivity contribution in [2.24, 2.45) is 5.10 Å². The molecule has 108 valence electrons. The zero-order valence-electron chi connectivity index (χ0n) is 10.7. The molecule has 0 saturated heterocycles. The van der Waals surface area contributed by atoms with Crippen LogP contribution >= 0.6 is 11.6 Å². The van der Waals surface area contributed by atoms with Gasteiger partial charge >= 0.3 is 0 Å². The third kappa shape index (κ3) is 2.31. The van der Waals surface area contributed by atoms with Crippen LogP contribution in [0.3, 0.4) is 0 Å². The number of carbonyl (C=O) groups excluding carboxylic acids is 1. The molecule has 0 unspecified atom stereocenters. The lowest BCUT2D eigenvalue weighted by Crippen LogP contribution is -2.47. The van der Waals surface area contributed by atoms with E-state index in [1.807, 2.05) is 0 Å². The molecule has 1 aromatic heterocycles. The molecule has 10 nitrogen and oxygen atoms in total. The quantitative estimate of drug-likeness (QED) is 0.789. The Morgan fingerprint density at radius 2 is 2.19 bits per heavy atom. The van der Waals surface area contributed by atoms with E-state index >= 15 is 0 Å². The number of nitrogens with one attached hydrogen (secondary N) is 1. The van der Waals surface area contributed by atoms with Crippen LogP contribution < -0.4 is 10.5 Å². The molecule has 2 aromatic rings. The second kappa shape index (κ2) is 5.44. The van der Waals surface area contributed by atoms with Gasteiger partial charge in [-0.25, -0.2) is 0 Å². The van der Waals surface area contributed by atoms with Crippen molar-refractivity contribution in [2.45, 2.75) is 0 Å². The van der Waals surface area contributed by atoms with Gasteiger partial charge in [0.25, 0.3) is 11.2 Å². The Labute approximate surface area is 123 Å². The van der Waals surface area contributed by atoms with E-state index in [0.717, 1.165) is 0 Å². The first-order chi connectivity index (χ1) is 10.2. The molecule has 1 aliphatic heterocycles. The number of benzene rings is 1. The zero-order chi connectivity index (χ0) is 14.8. The fraction of sp³-hybridized carbons (Fsp3) is 0.100. The molecule has 2 heterocycles. The third-order valence-corrected chi connectivity index (χ3v) is 2.88. The van der Waals surface area contributed by atoms with Crippen LogP contribution in [-0.2, 0) is 4.84 Å². The lowest BCUT2D eigenvalue weighted by atomic mass is 10.2. The lowest BCUT2D eigenvalue weighted by Gasteiger charge is -2.26. The monoisotopic (exact) mass is 308 g/mol. The van der Waals surface area contributed by atoms with Gasteiger partial charge in [0.1, 0.15) is 6.33 Å². The molecule has 1 aromatic carbocycles. The zero-order valence-corrected chi connectivity index (χ0v) is 11.5. The summed E-state index contributed by atoms with van der Waals surface area (Å²) in [6, 6.07) is 6.73. The lowest BCUT2D eigenvalue weighted by molar-refractivity contribution is -0.161. The Kier molecular flexibility index (Phi) is 3.48. The third-order valence-electron chi connectivity index (χ3n) is 2.68. The fourth-order valence-corrected chi connectivity index (χ4v) is 1.97. The van der Waals surface area contributed by atoms with Crippen molar-refractivity contribution in [3.63, 3.8) is 0 Å². The van der Waals surface area contributed by atoms with Crippen LogP contribution in [0.5, 0.6) is 0 Å². The highest BCUT2D eigenvalue weighted by atomic mass is 35.5. The van der Waals surface area contributed by atoms with Gasteiger partial charge in [-0.2, -0.15) is 15.2 Å². The Morgan fingerprint density at radius 3 is 2.86 bits per heavy atom. The number of aromatic nitrogens is 4. The highest BCUT2D eigenvalue weighted by Gasteiger charge is 2.32. The minimum absolute atomic E-state index is 0.283. The van der Waals surface area contributed by atoms with E-state index in [9.17, 15) is 4.79 Å². The molecular weight excluding hydrogens is 300 g/mol. The number of tetrazole rings is 1. The summed E-state index contributed by atoms with van der Waals surface area (Å²) in [7, 11) is 1.43. The summed E-state index contributed by atoms with van der Waals surface area (Å²) >= 11 is 5.62. The van der Waals surface area contributed by atoms with Crippen molar-refractivity contribution in [3.8, 4) is 0 Å². The number of halogens is 1. The Hall–Kier alpha value is -2.56. The molecule has 21 heavy (non-hydrogen) atoms. The van der Waals surface area contributed by atoms with Gasteiger partial charge in [0.15, 0.2) is 0 Å². The second-order valence-corrected chi connectivity index (χ2v) is 4.17. The molecule has 0 spiro atoms.